The van der Waals surface area contributed by atoms with Gasteiger partial charge in [0.2, 0.25) is 5.91 Å². The van der Waals surface area contributed by atoms with Gasteiger partial charge in [-0.15, -0.1) is 0 Å². The first-order valence-electron chi connectivity index (χ1n) is 6.29. The largest absolute Gasteiger partial charge is 0.345 e. The van der Waals surface area contributed by atoms with Crippen molar-refractivity contribution in [3.63, 3.8) is 0 Å². The van der Waals surface area contributed by atoms with Gasteiger partial charge in [-0.1, -0.05) is 0 Å². The Kier molecular flexibility index (Phi) is 5.18. The van der Waals surface area contributed by atoms with Crippen molar-refractivity contribution in [3.05, 3.63) is 48.3 Å². The normalized spacial score (nSPS) is 9.86. The Morgan fingerprint density at radius 2 is 2.10 bits per heavy atom. The summed E-state index contributed by atoms with van der Waals surface area (Å²) in [7, 11) is 0. The highest BCUT2D eigenvalue weighted by molar-refractivity contribution is 8.03. The maximum atomic E-state index is 11.8. The molecule has 1 aromatic carbocycles. The van der Waals surface area contributed by atoms with E-state index in [1.54, 1.807) is 47.2 Å². The highest BCUT2D eigenvalue weighted by atomic mass is 32.2. The molecule has 0 fully saturated rings. The van der Waals surface area contributed by atoms with Crippen LogP contribution in [-0.4, -0.2) is 16.8 Å². The molecule has 0 aliphatic heterocycles. The second-order valence-electron chi connectivity index (χ2n) is 4.26. The predicted octanol–water partition coefficient (Wildman–Crippen LogP) is 2.90. The van der Waals surface area contributed by atoms with Gasteiger partial charge < -0.3 is 9.88 Å². The third-order valence-corrected chi connectivity index (χ3v) is 3.47. The molecule has 0 bridgehead atoms. The van der Waals surface area contributed by atoms with Crippen molar-refractivity contribution in [1.29, 1.82) is 5.26 Å². The number of anilines is 1. The fraction of sp³-hybridized carbons (Fsp3) is 0.133. The first-order valence-corrected chi connectivity index (χ1v) is 7.11. The minimum atomic E-state index is -0.124. The molecule has 0 spiro atoms. The number of aromatic nitrogens is 1. The van der Waals surface area contributed by atoms with Gasteiger partial charge in [0, 0.05) is 29.7 Å². The van der Waals surface area contributed by atoms with Crippen LogP contribution in [0.5, 0.6) is 0 Å². The Morgan fingerprint density at radius 1 is 1.33 bits per heavy atom. The third kappa shape index (κ3) is 4.23. The van der Waals surface area contributed by atoms with E-state index in [0.717, 1.165) is 22.9 Å². The predicted molar refractivity (Wildman–Crippen MR) is 81.0 cm³/mol. The summed E-state index contributed by atoms with van der Waals surface area (Å²) in [5.41, 5.74) is 1.24. The first-order chi connectivity index (χ1) is 10.2. The average Bonchev–Trinajstić information content (AvgIpc) is 2.95. The Bertz CT molecular complexity index is 671. The molecule has 1 N–H and O–H groups in total. The lowest BCUT2D eigenvalue weighted by Gasteiger charge is -2.07. The van der Waals surface area contributed by atoms with Gasteiger partial charge in [0.05, 0.1) is 5.69 Å². The lowest BCUT2D eigenvalue weighted by Crippen LogP contribution is -2.14. The summed E-state index contributed by atoms with van der Waals surface area (Å²) in [5, 5.41) is 13.3. The van der Waals surface area contributed by atoms with Crippen molar-refractivity contribution in [2.24, 2.45) is 0 Å². The number of nitrogens with one attached hydrogen (secondary N) is 1. The van der Waals surface area contributed by atoms with Crippen molar-refractivity contribution in [3.8, 4) is 5.40 Å². The maximum absolute atomic E-state index is 11.8. The number of amides is 1. The molecule has 0 unspecified atom stereocenters. The van der Waals surface area contributed by atoms with Crippen LogP contribution in [0.25, 0.3) is 0 Å². The molecule has 1 amide bonds. The lowest BCUT2D eigenvalue weighted by molar-refractivity contribution is -0.116. The highest BCUT2D eigenvalue weighted by Gasteiger charge is 2.05. The van der Waals surface area contributed by atoms with Crippen molar-refractivity contribution in [2.45, 2.75) is 17.9 Å². The molecule has 106 valence electrons. The molecule has 2 rings (SSSR count). The fourth-order valence-corrected chi connectivity index (χ4v) is 2.22. The summed E-state index contributed by atoms with van der Waals surface area (Å²) in [6, 6.07) is 10.5. The number of aldehydes is 1. The number of aryl methyl sites for hydroxylation is 1. The molecule has 6 heteroatoms. The van der Waals surface area contributed by atoms with Crippen LogP contribution in [0.3, 0.4) is 0 Å². The Labute approximate surface area is 126 Å². The van der Waals surface area contributed by atoms with Crippen LogP contribution in [0.2, 0.25) is 0 Å². The highest BCUT2D eigenvalue weighted by Crippen LogP contribution is 2.19. The van der Waals surface area contributed by atoms with Crippen LogP contribution < -0.4 is 5.32 Å². The zero-order valence-electron chi connectivity index (χ0n) is 11.2. The van der Waals surface area contributed by atoms with Gasteiger partial charge >= 0.3 is 0 Å². The monoisotopic (exact) mass is 299 g/mol. The topological polar surface area (TPSA) is 74.9 Å². The second-order valence-corrected chi connectivity index (χ2v) is 5.12. The molecular formula is C15H13N3O2S. The van der Waals surface area contributed by atoms with Crippen LogP contribution in [0.1, 0.15) is 16.9 Å². The van der Waals surface area contributed by atoms with E-state index in [4.69, 9.17) is 5.26 Å². The summed E-state index contributed by atoms with van der Waals surface area (Å²) < 4.78 is 1.74. The Morgan fingerprint density at radius 3 is 2.76 bits per heavy atom. The van der Waals surface area contributed by atoms with E-state index in [-0.39, 0.29) is 12.3 Å². The molecule has 0 saturated heterocycles. The van der Waals surface area contributed by atoms with Crippen molar-refractivity contribution in [1.82, 2.24) is 4.57 Å². The van der Waals surface area contributed by atoms with Crippen LogP contribution in [0, 0.1) is 10.7 Å². The standard InChI is InChI=1S/C15H13N3O2S/c16-11-21-14-5-3-12(4-6-14)17-15(20)7-9-18-8-1-2-13(18)10-19/h1-6,8,10H,7,9H2,(H,17,20). The summed E-state index contributed by atoms with van der Waals surface area (Å²) >= 11 is 1.07. The SMILES string of the molecule is N#CSc1ccc(NC(=O)CCn2cccc2C=O)cc1. The number of nitrogens with zero attached hydrogens (tertiary/aromatic N) is 2. The molecule has 0 atom stereocenters. The molecule has 2 aromatic rings. The summed E-state index contributed by atoms with van der Waals surface area (Å²) in [4.78, 5) is 23.4. The summed E-state index contributed by atoms with van der Waals surface area (Å²) in [6.07, 6.45) is 2.82. The molecule has 0 aliphatic rings. The molecular weight excluding hydrogens is 286 g/mol. The fourth-order valence-electron chi connectivity index (χ4n) is 1.84. The quantitative estimate of drug-likeness (QED) is 0.505. The van der Waals surface area contributed by atoms with Gasteiger partial charge in [-0.25, -0.2) is 0 Å². The number of carbonyl (C=O) groups excluding carboxylic acids is 2. The van der Waals surface area contributed by atoms with E-state index in [9.17, 15) is 9.59 Å². The Hall–Kier alpha value is -2.52. The second kappa shape index (κ2) is 7.31. The number of thiocyanates is 1. The molecule has 0 radical (unpaired) electrons. The van der Waals surface area contributed by atoms with Gasteiger partial charge in [-0.3, -0.25) is 9.59 Å². The van der Waals surface area contributed by atoms with E-state index in [1.807, 2.05) is 5.40 Å². The van der Waals surface area contributed by atoms with Crippen LogP contribution in [0.4, 0.5) is 5.69 Å². The van der Waals surface area contributed by atoms with Crippen LogP contribution in [-0.2, 0) is 11.3 Å². The van der Waals surface area contributed by atoms with Crippen molar-refractivity contribution in [2.75, 3.05) is 5.32 Å². The number of thioether (sulfide) groups is 1. The Balaban J connectivity index is 1.87. The molecule has 21 heavy (non-hydrogen) atoms. The van der Waals surface area contributed by atoms with Gasteiger partial charge in [-0.2, -0.15) is 5.26 Å². The summed E-state index contributed by atoms with van der Waals surface area (Å²) in [6.45, 7) is 0.454. The molecule has 0 aliphatic carbocycles. The number of hydrogen-bond acceptors (Lipinski definition) is 4. The van der Waals surface area contributed by atoms with E-state index in [0.29, 0.717) is 17.9 Å². The first kappa shape index (κ1) is 14.9. The maximum Gasteiger partial charge on any atom is 0.226 e. The molecule has 1 heterocycles. The molecule has 5 nitrogen and oxygen atoms in total. The van der Waals surface area contributed by atoms with Crippen LogP contribution >= 0.6 is 11.8 Å². The van der Waals surface area contributed by atoms with Gasteiger partial charge in [0.15, 0.2) is 6.29 Å². The number of nitriles is 1. The minimum Gasteiger partial charge on any atom is -0.345 e. The zero-order chi connectivity index (χ0) is 15.1. The summed E-state index contributed by atoms with van der Waals surface area (Å²) in [5.74, 6) is -0.124. The number of carbonyl (C=O) groups is 2. The van der Waals surface area contributed by atoms with E-state index in [2.05, 4.69) is 5.32 Å². The minimum absolute atomic E-state index is 0.124. The number of rotatable bonds is 6. The van der Waals surface area contributed by atoms with E-state index < -0.39 is 0 Å². The van der Waals surface area contributed by atoms with Gasteiger partial charge in [0.1, 0.15) is 5.40 Å². The molecule has 1 aromatic heterocycles. The lowest BCUT2D eigenvalue weighted by atomic mass is 10.3. The van der Waals surface area contributed by atoms with Gasteiger partial charge in [0.25, 0.3) is 0 Å². The molecule has 0 saturated carbocycles. The van der Waals surface area contributed by atoms with E-state index in [1.165, 1.54) is 0 Å². The van der Waals surface area contributed by atoms with E-state index >= 15 is 0 Å². The smallest absolute Gasteiger partial charge is 0.226 e. The number of hydrogen-bond donors (Lipinski definition) is 1. The van der Waals surface area contributed by atoms with Gasteiger partial charge in [-0.05, 0) is 48.2 Å². The van der Waals surface area contributed by atoms with Crippen molar-refractivity contribution < 1.29 is 9.59 Å². The van der Waals surface area contributed by atoms with Crippen molar-refractivity contribution >= 4 is 29.6 Å². The third-order valence-electron chi connectivity index (χ3n) is 2.87. The average molecular weight is 299 g/mol. The number of benzene rings is 1. The van der Waals surface area contributed by atoms with Crippen LogP contribution in [0.15, 0.2) is 47.5 Å². The zero-order valence-corrected chi connectivity index (χ0v) is 12.0.